The van der Waals surface area contributed by atoms with Crippen molar-refractivity contribution in [2.24, 2.45) is 0 Å². The average Bonchev–Trinajstić information content (AvgIpc) is 3.23. The molecule has 2 N–H and O–H groups in total. The lowest BCUT2D eigenvalue weighted by molar-refractivity contribution is 0.192. The lowest BCUT2D eigenvalue weighted by Gasteiger charge is -2.45. The third-order valence-corrected chi connectivity index (χ3v) is 5.94. The monoisotopic (exact) mass is 388 g/mol. The van der Waals surface area contributed by atoms with Gasteiger partial charge in [0.1, 0.15) is 12.1 Å². The number of pyridine rings is 1. The van der Waals surface area contributed by atoms with Crippen LogP contribution in [0, 0.1) is 0 Å². The van der Waals surface area contributed by atoms with Crippen LogP contribution in [-0.4, -0.2) is 36.1 Å². The maximum Gasteiger partial charge on any atom is 0.193 e. The van der Waals surface area contributed by atoms with Crippen LogP contribution in [0.2, 0.25) is 0 Å². The van der Waals surface area contributed by atoms with Gasteiger partial charge in [-0.15, -0.1) is 0 Å². The molecule has 3 aromatic rings. The number of aromatic amines is 1. The predicted octanol–water partition coefficient (Wildman–Crippen LogP) is 3.10. The highest BCUT2D eigenvalue weighted by Crippen LogP contribution is 2.37. The minimum Gasteiger partial charge on any atom is -0.347 e. The third kappa shape index (κ3) is 3.65. The van der Waals surface area contributed by atoms with Crippen LogP contribution in [0.5, 0.6) is 0 Å². The number of rotatable bonds is 3. The number of aromatic nitrogens is 5. The molecule has 2 fully saturated rings. The van der Waals surface area contributed by atoms with Crippen LogP contribution in [0.1, 0.15) is 44.7 Å². The molecule has 2 saturated heterocycles. The van der Waals surface area contributed by atoms with Crippen LogP contribution in [0.4, 0.5) is 0 Å². The number of nitrogens with zero attached hydrogens (tertiary/aromatic N) is 4. The Morgan fingerprint density at radius 1 is 1.31 bits per heavy atom. The standard InChI is InChI=1S/C22H24N6O/c1-22-4-2-3-16(27-22)7-15(10-22)8-17-11-25-19(13-24-17)18-12-26-21(9-20(18)29)28-6-5-23-14-28/h5-6,8-9,11-14,16,27H,2-4,7,10H2,1H3,(H,26,29)/b15-8+/t16?,22-/m0/s1. The lowest BCUT2D eigenvalue weighted by Crippen LogP contribution is -2.55. The van der Waals surface area contributed by atoms with Crippen molar-refractivity contribution in [1.29, 1.82) is 0 Å². The first-order chi connectivity index (χ1) is 14.1. The predicted molar refractivity (Wildman–Crippen MR) is 112 cm³/mol. The van der Waals surface area contributed by atoms with E-state index in [1.165, 1.54) is 24.8 Å². The van der Waals surface area contributed by atoms with Gasteiger partial charge in [-0.1, -0.05) is 12.0 Å². The molecule has 3 aromatic heterocycles. The minimum atomic E-state index is -0.105. The van der Waals surface area contributed by atoms with E-state index in [0.29, 0.717) is 23.1 Å². The summed E-state index contributed by atoms with van der Waals surface area (Å²) >= 11 is 0. The largest absolute Gasteiger partial charge is 0.347 e. The Bertz CT molecular complexity index is 1100. The molecule has 29 heavy (non-hydrogen) atoms. The lowest BCUT2D eigenvalue weighted by atomic mass is 9.75. The summed E-state index contributed by atoms with van der Waals surface area (Å²) in [5.41, 5.74) is 3.46. The maximum absolute atomic E-state index is 12.5. The van der Waals surface area contributed by atoms with Gasteiger partial charge in [0, 0.05) is 36.2 Å². The van der Waals surface area contributed by atoms with Crippen molar-refractivity contribution >= 4 is 6.08 Å². The molecular formula is C22H24N6O. The van der Waals surface area contributed by atoms with Gasteiger partial charge in [0.05, 0.1) is 29.3 Å². The van der Waals surface area contributed by atoms with Crippen molar-refractivity contribution in [2.75, 3.05) is 0 Å². The normalized spacial score (nSPS) is 25.3. The van der Waals surface area contributed by atoms with Crippen LogP contribution < -0.4 is 10.7 Å². The van der Waals surface area contributed by atoms with E-state index in [2.05, 4.69) is 38.3 Å². The number of imidazole rings is 1. The molecule has 2 bridgehead atoms. The van der Waals surface area contributed by atoms with Gasteiger partial charge in [0.25, 0.3) is 0 Å². The second-order valence-electron chi connectivity index (χ2n) is 8.37. The fourth-order valence-electron chi connectivity index (χ4n) is 4.64. The molecule has 0 radical (unpaired) electrons. The molecule has 2 aliphatic heterocycles. The summed E-state index contributed by atoms with van der Waals surface area (Å²) in [6.45, 7) is 2.32. The summed E-state index contributed by atoms with van der Waals surface area (Å²) in [4.78, 5) is 28.7. The Morgan fingerprint density at radius 3 is 2.97 bits per heavy atom. The molecule has 148 valence electrons. The minimum absolute atomic E-state index is 0.105. The molecule has 0 saturated carbocycles. The number of H-pyrrole nitrogens is 1. The van der Waals surface area contributed by atoms with Crippen molar-refractivity contribution in [2.45, 2.75) is 50.6 Å². The highest BCUT2D eigenvalue weighted by molar-refractivity contribution is 5.59. The Balaban J connectivity index is 1.37. The SMILES string of the molecule is C[C@]12CCCC(C/C(=C\c3cnc(-c4c[nH]c(-n5ccnc5)cc4=O)cn3)C1)N2. The first kappa shape index (κ1) is 18.0. The number of hydrogen-bond donors (Lipinski definition) is 2. The number of nitrogens with one attached hydrogen (secondary N) is 2. The molecule has 2 aliphatic rings. The molecule has 0 aliphatic carbocycles. The Labute approximate surface area is 169 Å². The molecule has 0 aromatic carbocycles. The van der Waals surface area contributed by atoms with E-state index < -0.39 is 0 Å². The summed E-state index contributed by atoms with van der Waals surface area (Å²) in [6.07, 6.45) is 18.3. The summed E-state index contributed by atoms with van der Waals surface area (Å²) < 4.78 is 1.75. The first-order valence-corrected chi connectivity index (χ1v) is 10.1. The molecule has 5 rings (SSSR count). The second kappa shape index (κ2) is 7.08. The van der Waals surface area contributed by atoms with Gasteiger partial charge in [-0.05, 0) is 38.7 Å². The molecule has 1 unspecified atom stereocenters. The fourth-order valence-corrected chi connectivity index (χ4v) is 4.64. The molecule has 7 nitrogen and oxygen atoms in total. The van der Waals surface area contributed by atoms with Crippen molar-refractivity contribution in [3.05, 3.63) is 64.9 Å². The zero-order valence-electron chi connectivity index (χ0n) is 16.4. The van der Waals surface area contributed by atoms with Gasteiger partial charge in [-0.3, -0.25) is 19.3 Å². The van der Waals surface area contributed by atoms with Crippen LogP contribution in [0.25, 0.3) is 23.2 Å². The molecule has 7 heteroatoms. The van der Waals surface area contributed by atoms with Crippen molar-refractivity contribution in [3.8, 4) is 17.1 Å². The summed E-state index contributed by atoms with van der Waals surface area (Å²) in [5, 5.41) is 3.78. The van der Waals surface area contributed by atoms with Gasteiger partial charge in [0.15, 0.2) is 5.43 Å². The number of piperidine rings is 2. The Hall–Kier alpha value is -3.06. The summed E-state index contributed by atoms with van der Waals surface area (Å²) in [6, 6.07) is 2.12. The number of hydrogen-bond acceptors (Lipinski definition) is 5. The molecular weight excluding hydrogens is 364 g/mol. The maximum atomic E-state index is 12.5. The Morgan fingerprint density at radius 2 is 2.24 bits per heavy atom. The van der Waals surface area contributed by atoms with E-state index in [1.807, 2.05) is 0 Å². The quantitative estimate of drug-likeness (QED) is 0.720. The molecule has 0 spiro atoms. The average molecular weight is 388 g/mol. The van der Waals surface area contributed by atoms with Crippen molar-refractivity contribution in [1.82, 2.24) is 29.8 Å². The van der Waals surface area contributed by atoms with Gasteiger partial charge in [-0.2, -0.15) is 0 Å². The van der Waals surface area contributed by atoms with E-state index in [0.717, 1.165) is 18.5 Å². The summed E-state index contributed by atoms with van der Waals surface area (Å²) in [5.74, 6) is 0.663. The fraction of sp³-hybridized carbons (Fsp3) is 0.364. The van der Waals surface area contributed by atoms with E-state index in [4.69, 9.17) is 0 Å². The molecule has 2 atom stereocenters. The first-order valence-electron chi connectivity index (χ1n) is 10.1. The van der Waals surface area contributed by atoms with E-state index in [9.17, 15) is 4.79 Å². The van der Waals surface area contributed by atoms with Crippen LogP contribution in [0.3, 0.4) is 0 Å². The zero-order chi connectivity index (χ0) is 19.8. The van der Waals surface area contributed by atoms with E-state index >= 15 is 0 Å². The molecule has 0 amide bonds. The smallest absolute Gasteiger partial charge is 0.193 e. The summed E-state index contributed by atoms with van der Waals surface area (Å²) in [7, 11) is 0. The number of fused-ring (bicyclic) bond motifs is 2. The van der Waals surface area contributed by atoms with Crippen molar-refractivity contribution < 1.29 is 0 Å². The Kier molecular flexibility index (Phi) is 4.39. The van der Waals surface area contributed by atoms with Gasteiger partial charge < -0.3 is 10.3 Å². The van der Waals surface area contributed by atoms with Gasteiger partial charge in [0.2, 0.25) is 0 Å². The highest BCUT2D eigenvalue weighted by atomic mass is 16.1. The van der Waals surface area contributed by atoms with E-state index in [-0.39, 0.29) is 11.0 Å². The van der Waals surface area contributed by atoms with Crippen molar-refractivity contribution in [3.63, 3.8) is 0 Å². The topological polar surface area (TPSA) is 88.5 Å². The van der Waals surface area contributed by atoms with Gasteiger partial charge in [-0.25, -0.2) is 4.98 Å². The van der Waals surface area contributed by atoms with Crippen LogP contribution >= 0.6 is 0 Å². The van der Waals surface area contributed by atoms with Crippen LogP contribution in [0.15, 0.2) is 53.7 Å². The van der Waals surface area contributed by atoms with E-state index in [1.54, 1.807) is 47.9 Å². The van der Waals surface area contributed by atoms with Crippen LogP contribution in [-0.2, 0) is 0 Å². The third-order valence-electron chi connectivity index (χ3n) is 5.94. The zero-order valence-corrected chi connectivity index (χ0v) is 16.4. The second-order valence-corrected chi connectivity index (χ2v) is 8.37. The highest BCUT2D eigenvalue weighted by Gasteiger charge is 2.36. The molecule has 5 heterocycles. The van der Waals surface area contributed by atoms with Gasteiger partial charge >= 0.3 is 0 Å².